The smallest absolute Gasteiger partial charge is 0.325 e. The maximum atomic E-state index is 12.2. The molecular weight excluding hydrogens is 316 g/mol. The van der Waals surface area contributed by atoms with Crippen LogP contribution in [0, 0.1) is 12.8 Å². The first-order valence-corrected chi connectivity index (χ1v) is 7.90. The molecule has 0 radical (unpaired) electrons. The lowest BCUT2D eigenvalue weighted by Gasteiger charge is -2.01. The highest BCUT2D eigenvalue weighted by Gasteiger charge is 2.25. The average molecular weight is 331 g/mol. The van der Waals surface area contributed by atoms with Crippen molar-refractivity contribution in [2.24, 2.45) is 5.92 Å². The van der Waals surface area contributed by atoms with Crippen molar-refractivity contribution in [3.8, 4) is 11.4 Å². The minimum atomic E-state index is -0.221. The van der Waals surface area contributed by atoms with Crippen LogP contribution in [0.25, 0.3) is 17.2 Å². The van der Waals surface area contributed by atoms with Gasteiger partial charge in [-0.1, -0.05) is 23.7 Å². The Morgan fingerprint density at radius 1 is 1.43 bits per heavy atom. The van der Waals surface area contributed by atoms with Gasteiger partial charge in [-0.25, -0.2) is 0 Å². The van der Waals surface area contributed by atoms with E-state index >= 15 is 0 Å². The summed E-state index contributed by atoms with van der Waals surface area (Å²) in [5.41, 5.74) is 1.35. The zero-order valence-corrected chi connectivity index (χ0v) is 13.3. The highest BCUT2D eigenvalue weighted by atomic mass is 35.5. The topological polar surface area (TPSA) is 72.4 Å². The van der Waals surface area contributed by atoms with Crippen LogP contribution in [0.2, 0.25) is 5.02 Å². The minimum absolute atomic E-state index is 0.221. The third kappa shape index (κ3) is 2.59. The molecule has 1 fully saturated rings. The van der Waals surface area contributed by atoms with E-state index in [9.17, 15) is 4.79 Å². The Kier molecular flexibility index (Phi) is 3.34. The number of amides is 1. The van der Waals surface area contributed by atoms with Crippen LogP contribution in [0.5, 0.6) is 0 Å². The second kappa shape index (κ2) is 5.38. The van der Waals surface area contributed by atoms with Crippen molar-refractivity contribution in [2.75, 3.05) is 6.54 Å². The van der Waals surface area contributed by atoms with E-state index in [0.717, 1.165) is 5.56 Å². The number of halogens is 1. The molecule has 2 aromatic heterocycles. The first-order valence-electron chi connectivity index (χ1n) is 7.53. The molecule has 1 aliphatic carbocycles. The molecule has 1 saturated carbocycles. The lowest BCUT2D eigenvalue weighted by molar-refractivity contribution is 0.0925. The van der Waals surface area contributed by atoms with Gasteiger partial charge in [-0.15, -0.1) is 5.10 Å². The van der Waals surface area contributed by atoms with Gasteiger partial charge in [0.2, 0.25) is 5.76 Å². The Morgan fingerprint density at radius 2 is 2.22 bits per heavy atom. The number of hydrogen-bond donors (Lipinski definition) is 1. The summed E-state index contributed by atoms with van der Waals surface area (Å²) in [6.07, 6.45) is 2.37. The van der Waals surface area contributed by atoms with Gasteiger partial charge in [0, 0.05) is 12.1 Å². The predicted molar refractivity (Wildman–Crippen MR) is 85.5 cm³/mol. The summed E-state index contributed by atoms with van der Waals surface area (Å²) in [6.45, 7) is 2.48. The molecule has 3 aromatic rings. The van der Waals surface area contributed by atoms with Crippen LogP contribution in [0.3, 0.4) is 0 Å². The standard InChI is InChI=1S/C16H15ClN4O2/c1-9-13(15(22)18-8-10-6-7-10)23-16-19-14(20-21(9)16)11-4-2-3-5-12(11)17/h2-5,10H,6-8H2,1H3,(H,18,22). The Hall–Kier alpha value is -2.34. The number of aryl methyl sites for hydroxylation is 1. The van der Waals surface area contributed by atoms with Gasteiger partial charge in [0.15, 0.2) is 5.82 Å². The van der Waals surface area contributed by atoms with Crippen molar-refractivity contribution in [1.29, 1.82) is 0 Å². The van der Waals surface area contributed by atoms with Gasteiger partial charge in [0.25, 0.3) is 5.91 Å². The van der Waals surface area contributed by atoms with Crippen molar-refractivity contribution in [2.45, 2.75) is 19.8 Å². The second-order valence-corrected chi connectivity index (χ2v) is 6.19. The number of benzene rings is 1. The third-order valence-corrected chi connectivity index (χ3v) is 4.32. The largest absolute Gasteiger partial charge is 0.416 e. The van der Waals surface area contributed by atoms with E-state index in [2.05, 4.69) is 15.4 Å². The molecule has 1 amide bonds. The van der Waals surface area contributed by atoms with Crippen molar-refractivity contribution in [3.63, 3.8) is 0 Å². The molecule has 23 heavy (non-hydrogen) atoms. The molecule has 0 saturated heterocycles. The SMILES string of the molecule is Cc1c(C(=O)NCC2CC2)oc2nc(-c3ccccc3Cl)nn12. The first kappa shape index (κ1) is 14.3. The van der Waals surface area contributed by atoms with E-state index in [1.54, 1.807) is 13.0 Å². The minimum Gasteiger partial charge on any atom is -0.416 e. The van der Waals surface area contributed by atoms with Crippen molar-refractivity contribution in [3.05, 3.63) is 40.7 Å². The van der Waals surface area contributed by atoms with Gasteiger partial charge < -0.3 is 9.73 Å². The number of oxazole rings is 1. The van der Waals surface area contributed by atoms with Gasteiger partial charge in [-0.2, -0.15) is 9.50 Å². The normalized spacial score (nSPS) is 14.3. The van der Waals surface area contributed by atoms with Crippen LogP contribution in [-0.4, -0.2) is 27.0 Å². The average Bonchev–Trinajstić information content (AvgIpc) is 3.20. The molecule has 6 nitrogen and oxygen atoms in total. The summed E-state index contributed by atoms with van der Waals surface area (Å²) < 4.78 is 7.12. The number of carbonyl (C=O) groups excluding carboxylic acids is 1. The van der Waals surface area contributed by atoms with E-state index < -0.39 is 0 Å². The highest BCUT2D eigenvalue weighted by molar-refractivity contribution is 6.33. The molecule has 1 aromatic carbocycles. The lowest BCUT2D eigenvalue weighted by atomic mass is 10.2. The van der Waals surface area contributed by atoms with E-state index in [-0.39, 0.29) is 17.5 Å². The molecule has 1 aliphatic rings. The first-order chi connectivity index (χ1) is 11.1. The number of nitrogens with one attached hydrogen (secondary N) is 1. The number of aromatic nitrogens is 3. The zero-order chi connectivity index (χ0) is 16.0. The van der Waals surface area contributed by atoms with Crippen LogP contribution in [-0.2, 0) is 0 Å². The molecule has 0 aliphatic heterocycles. The van der Waals surface area contributed by atoms with E-state index in [1.807, 2.05) is 18.2 Å². The van der Waals surface area contributed by atoms with Crippen molar-refractivity contribution < 1.29 is 9.21 Å². The fourth-order valence-corrected chi connectivity index (χ4v) is 2.67. The molecular formula is C16H15ClN4O2. The quantitative estimate of drug-likeness (QED) is 0.798. The Labute approximate surface area is 137 Å². The molecule has 0 spiro atoms. The van der Waals surface area contributed by atoms with Crippen LogP contribution < -0.4 is 5.32 Å². The van der Waals surface area contributed by atoms with E-state index in [1.165, 1.54) is 17.4 Å². The summed E-state index contributed by atoms with van der Waals surface area (Å²) in [7, 11) is 0. The highest BCUT2D eigenvalue weighted by Crippen LogP contribution is 2.28. The third-order valence-electron chi connectivity index (χ3n) is 3.99. The van der Waals surface area contributed by atoms with E-state index in [4.69, 9.17) is 16.0 Å². The molecule has 2 heterocycles. The number of carbonyl (C=O) groups is 1. The van der Waals surface area contributed by atoms with Gasteiger partial charge in [0.1, 0.15) is 0 Å². The van der Waals surface area contributed by atoms with Gasteiger partial charge in [0.05, 0.1) is 10.7 Å². The monoisotopic (exact) mass is 330 g/mol. The maximum Gasteiger partial charge on any atom is 0.325 e. The summed E-state index contributed by atoms with van der Waals surface area (Å²) >= 11 is 6.17. The summed E-state index contributed by atoms with van der Waals surface area (Å²) in [6, 6.07) is 7.34. The molecule has 4 rings (SSSR count). The Balaban J connectivity index is 1.66. The summed E-state index contributed by atoms with van der Waals surface area (Å²) in [5, 5.41) is 7.86. The molecule has 7 heteroatoms. The van der Waals surface area contributed by atoms with Crippen molar-refractivity contribution >= 4 is 23.4 Å². The maximum absolute atomic E-state index is 12.2. The Bertz CT molecular complexity index is 895. The Morgan fingerprint density at radius 3 is 2.91 bits per heavy atom. The zero-order valence-electron chi connectivity index (χ0n) is 12.5. The number of nitrogens with zero attached hydrogens (tertiary/aromatic N) is 3. The van der Waals surface area contributed by atoms with E-state index in [0.29, 0.717) is 29.0 Å². The molecule has 0 bridgehead atoms. The van der Waals surface area contributed by atoms with Gasteiger partial charge in [-0.05, 0) is 37.8 Å². The number of rotatable bonds is 4. The number of hydrogen-bond acceptors (Lipinski definition) is 4. The second-order valence-electron chi connectivity index (χ2n) is 5.78. The summed E-state index contributed by atoms with van der Waals surface area (Å²) in [4.78, 5) is 16.5. The van der Waals surface area contributed by atoms with Crippen LogP contribution in [0.4, 0.5) is 0 Å². The molecule has 0 unspecified atom stereocenters. The predicted octanol–water partition coefficient (Wildman–Crippen LogP) is 3.09. The van der Waals surface area contributed by atoms with Crippen LogP contribution in [0.1, 0.15) is 29.1 Å². The fraction of sp³-hybridized carbons (Fsp3) is 0.312. The molecule has 1 N–H and O–H groups in total. The molecule has 0 atom stereocenters. The van der Waals surface area contributed by atoms with Gasteiger partial charge >= 0.3 is 5.84 Å². The number of fused-ring (bicyclic) bond motifs is 1. The summed E-state index contributed by atoms with van der Waals surface area (Å²) in [5.74, 6) is 1.41. The lowest BCUT2D eigenvalue weighted by Crippen LogP contribution is -2.25. The van der Waals surface area contributed by atoms with Crippen molar-refractivity contribution in [1.82, 2.24) is 19.9 Å². The fourth-order valence-electron chi connectivity index (χ4n) is 2.45. The van der Waals surface area contributed by atoms with Crippen LogP contribution >= 0.6 is 11.6 Å². The van der Waals surface area contributed by atoms with Crippen LogP contribution in [0.15, 0.2) is 28.7 Å². The van der Waals surface area contributed by atoms with Gasteiger partial charge in [-0.3, -0.25) is 4.79 Å². The molecule has 118 valence electrons.